The second-order valence-corrected chi connectivity index (χ2v) is 6.68. The third kappa shape index (κ3) is 2.69. The third-order valence-electron chi connectivity index (χ3n) is 4.93. The van der Waals surface area contributed by atoms with Crippen molar-refractivity contribution >= 4 is 27.5 Å². The number of rotatable bonds is 3. The van der Waals surface area contributed by atoms with Gasteiger partial charge in [-0.05, 0) is 72.5 Å². The van der Waals surface area contributed by atoms with Gasteiger partial charge in [0.25, 0.3) is 0 Å². The Bertz CT molecular complexity index is 1110. The van der Waals surface area contributed by atoms with E-state index in [0.29, 0.717) is 0 Å². The molecule has 130 valence electrons. The van der Waals surface area contributed by atoms with E-state index in [-0.39, 0.29) is 6.61 Å². The van der Waals surface area contributed by atoms with Crippen molar-refractivity contribution in [3.05, 3.63) is 71.3 Å². The summed E-state index contributed by atoms with van der Waals surface area (Å²) in [5.41, 5.74) is 10.8. The average molecular weight is 343 g/mol. The van der Waals surface area contributed by atoms with Crippen LogP contribution in [0.15, 0.2) is 54.6 Å². The molecule has 4 heteroatoms. The number of hydrazine groups is 1. The second kappa shape index (κ2) is 6.41. The van der Waals surface area contributed by atoms with Crippen LogP contribution in [0.3, 0.4) is 0 Å². The number of benzene rings is 3. The standard InChI is InChI=1S/C22H21N3O/c1-13-7-19-21(8-14(13)2)24-20-6-4-3-5-18(20)22(19)16-9-15(12-26)10-17(11-16)25-23/h3-11,25-26H,12,23H2,1-2H3. The zero-order valence-electron chi connectivity index (χ0n) is 14.9. The highest BCUT2D eigenvalue weighted by Crippen LogP contribution is 2.37. The summed E-state index contributed by atoms with van der Waals surface area (Å²) in [5.74, 6) is 5.65. The van der Waals surface area contributed by atoms with Crippen molar-refractivity contribution < 1.29 is 5.11 Å². The minimum Gasteiger partial charge on any atom is -0.392 e. The lowest BCUT2D eigenvalue weighted by molar-refractivity contribution is 0.282. The number of hydrogen-bond donors (Lipinski definition) is 3. The molecule has 0 unspecified atom stereocenters. The van der Waals surface area contributed by atoms with Crippen LogP contribution in [0.2, 0.25) is 0 Å². The van der Waals surface area contributed by atoms with Gasteiger partial charge < -0.3 is 10.5 Å². The molecule has 0 aliphatic heterocycles. The number of anilines is 1. The number of nitrogens with zero attached hydrogens (tertiary/aromatic N) is 1. The predicted octanol–water partition coefficient (Wildman–Crippen LogP) is 4.45. The van der Waals surface area contributed by atoms with Crippen LogP contribution in [0.4, 0.5) is 5.69 Å². The maximum Gasteiger partial charge on any atom is 0.0718 e. The summed E-state index contributed by atoms with van der Waals surface area (Å²) in [5, 5.41) is 11.8. The van der Waals surface area contributed by atoms with Gasteiger partial charge in [0.15, 0.2) is 0 Å². The fourth-order valence-corrected chi connectivity index (χ4v) is 3.47. The first-order valence-electron chi connectivity index (χ1n) is 8.62. The normalized spacial score (nSPS) is 11.2. The first kappa shape index (κ1) is 16.5. The van der Waals surface area contributed by atoms with Gasteiger partial charge in [-0.3, -0.25) is 5.84 Å². The van der Waals surface area contributed by atoms with E-state index in [1.165, 1.54) is 11.1 Å². The maximum absolute atomic E-state index is 9.66. The Kier molecular flexibility index (Phi) is 4.07. The zero-order chi connectivity index (χ0) is 18.3. The summed E-state index contributed by atoms with van der Waals surface area (Å²) >= 11 is 0. The molecular formula is C22H21N3O. The molecule has 0 bridgehead atoms. The molecule has 1 aromatic heterocycles. The fourth-order valence-electron chi connectivity index (χ4n) is 3.47. The summed E-state index contributed by atoms with van der Waals surface area (Å²) in [7, 11) is 0. The van der Waals surface area contributed by atoms with Crippen molar-refractivity contribution in [2.45, 2.75) is 20.5 Å². The van der Waals surface area contributed by atoms with E-state index in [9.17, 15) is 5.11 Å². The van der Waals surface area contributed by atoms with Crippen LogP contribution in [0.25, 0.3) is 32.9 Å². The lowest BCUT2D eigenvalue weighted by Gasteiger charge is -2.15. The highest BCUT2D eigenvalue weighted by atomic mass is 16.3. The van der Waals surface area contributed by atoms with Crippen molar-refractivity contribution in [1.29, 1.82) is 0 Å². The summed E-state index contributed by atoms with van der Waals surface area (Å²) in [4.78, 5) is 4.86. The SMILES string of the molecule is Cc1cc2nc3ccccc3c(-c3cc(CO)cc(NN)c3)c2cc1C. The lowest BCUT2D eigenvalue weighted by Crippen LogP contribution is -2.07. The van der Waals surface area contributed by atoms with Gasteiger partial charge >= 0.3 is 0 Å². The lowest BCUT2D eigenvalue weighted by atomic mass is 9.93. The highest BCUT2D eigenvalue weighted by molar-refractivity contribution is 6.10. The Morgan fingerprint density at radius 1 is 0.923 bits per heavy atom. The van der Waals surface area contributed by atoms with Gasteiger partial charge in [-0.2, -0.15) is 0 Å². The quantitative estimate of drug-likeness (QED) is 0.292. The Hall–Kier alpha value is -2.95. The molecule has 0 saturated heterocycles. The first-order chi connectivity index (χ1) is 12.6. The van der Waals surface area contributed by atoms with Crippen LogP contribution in [0.1, 0.15) is 16.7 Å². The molecule has 0 radical (unpaired) electrons. The molecule has 4 aromatic rings. The number of pyridine rings is 1. The Labute approximate surface area is 152 Å². The van der Waals surface area contributed by atoms with Crippen molar-refractivity contribution in [3.8, 4) is 11.1 Å². The number of aliphatic hydroxyl groups excluding tert-OH is 1. The zero-order valence-corrected chi connectivity index (χ0v) is 14.9. The summed E-state index contributed by atoms with van der Waals surface area (Å²) < 4.78 is 0. The average Bonchev–Trinajstić information content (AvgIpc) is 2.66. The predicted molar refractivity (Wildman–Crippen MR) is 108 cm³/mol. The van der Waals surface area contributed by atoms with Crippen molar-refractivity contribution in [1.82, 2.24) is 4.98 Å². The minimum atomic E-state index is -0.0401. The van der Waals surface area contributed by atoms with Crippen LogP contribution < -0.4 is 11.3 Å². The third-order valence-corrected chi connectivity index (χ3v) is 4.93. The van der Waals surface area contributed by atoms with Crippen LogP contribution in [0, 0.1) is 13.8 Å². The number of aromatic nitrogens is 1. The summed E-state index contributed by atoms with van der Waals surface area (Å²) in [6, 6.07) is 18.4. The number of aryl methyl sites for hydroxylation is 2. The van der Waals surface area contributed by atoms with E-state index in [2.05, 4.69) is 37.5 Å². The minimum absolute atomic E-state index is 0.0401. The highest BCUT2D eigenvalue weighted by Gasteiger charge is 2.13. The number of nitrogens with one attached hydrogen (secondary N) is 1. The van der Waals surface area contributed by atoms with Crippen LogP contribution in [-0.4, -0.2) is 10.1 Å². The van der Waals surface area contributed by atoms with Gasteiger partial charge in [0.05, 0.1) is 17.6 Å². The van der Waals surface area contributed by atoms with Gasteiger partial charge in [0.1, 0.15) is 0 Å². The first-order valence-corrected chi connectivity index (χ1v) is 8.62. The van der Waals surface area contributed by atoms with E-state index in [1.807, 2.05) is 36.4 Å². The van der Waals surface area contributed by atoms with Crippen molar-refractivity contribution in [2.24, 2.45) is 5.84 Å². The van der Waals surface area contributed by atoms with Gasteiger partial charge in [-0.25, -0.2) is 4.98 Å². The molecule has 0 spiro atoms. The molecular weight excluding hydrogens is 322 g/mol. The largest absolute Gasteiger partial charge is 0.392 e. The molecule has 4 N–H and O–H groups in total. The maximum atomic E-state index is 9.66. The van der Waals surface area contributed by atoms with Crippen LogP contribution in [-0.2, 0) is 6.61 Å². The number of nitrogens with two attached hydrogens (primary N) is 1. The van der Waals surface area contributed by atoms with Gasteiger partial charge in [0.2, 0.25) is 0 Å². The Morgan fingerprint density at radius 2 is 1.69 bits per heavy atom. The molecule has 4 rings (SSSR count). The van der Waals surface area contributed by atoms with E-state index in [0.717, 1.165) is 44.2 Å². The molecule has 0 aliphatic carbocycles. The van der Waals surface area contributed by atoms with Crippen molar-refractivity contribution in [3.63, 3.8) is 0 Å². The molecule has 0 aliphatic rings. The van der Waals surface area contributed by atoms with E-state index in [4.69, 9.17) is 10.8 Å². The molecule has 0 fully saturated rings. The van der Waals surface area contributed by atoms with E-state index >= 15 is 0 Å². The summed E-state index contributed by atoms with van der Waals surface area (Å²) in [6.45, 7) is 4.18. The number of aliphatic hydroxyl groups is 1. The molecule has 4 nitrogen and oxygen atoms in total. The Morgan fingerprint density at radius 3 is 2.46 bits per heavy atom. The monoisotopic (exact) mass is 343 g/mol. The molecule has 1 heterocycles. The van der Waals surface area contributed by atoms with Gasteiger partial charge in [-0.1, -0.05) is 18.2 Å². The number of para-hydroxylation sites is 1. The van der Waals surface area contributed by atoms with E-state index < -0.39 is 0 Å². The molecule has 0 atom stereocenters. The topological polar surface area (TPSA) is 71.2 Å². The summed E-state index contributed by atoms with van der Waals surface area (Å²) in [6.07, 6.45) is 0. The number of fused-ring (bicyclic) bond motifs is 2. The molecule has 26 heavy (non-hydrogen) atoms. The molecule has 0 amide bonds. The smallest absolute Gasteiger partial charge is 0.0718 e. The number of nitrogen functional groups attached to an aromatic ring is 1. The van der Waals surface area contributed by atoms with Crippen molar-refractivity contribution in [2.75, 3.05) is 5.43 Å². The van der Waals surface area contributed by atoms with Crippen LogP contribution in [0.5, 0.6) is 0 Å². The van der Waals surface area contributed by atoms with Gasteiger partial charge in [0, 0.05) is 22.0 Å². The molecule has 3 aromatic carbocycles. The Balaban J connectivity index is 2.17. The fraction of sp³-hybridized carbons (Fsp3) is 0.136. The number of hydrogen-bond acceptors (Lipinski definition) is 4. The second-order valence-electron chi connectivity index (χ2n) is 6.68. The van der Waals surface area contributed by atoms with E-state index in [1.54, 1.807) is 0 Å². The van der Waals surface area contributed by atoms with Gasteiger partial charge in [-0.15, -0.1) is 0 Å². The molecule has 0 saturated carbocycles. The van der Waals surface area contributed by atoms with Crippen LogP contribution >= 0.6 is 0 Å².